The molecular formula is C15H18N2O2. The number of aromatic nitrogens is 2. The van der Waals surface area contributed by atoms with Gasteiger partial charge in [0.15, 0.2) is 0 Å². The molecule has 19 heavy (non-hydrogen) atoms. The minimum atomic E-state index is -0.165. The molecule has 4 heteroatoms. The predicted octanol–water partition coefficient (Wildman–Crippen LogP) is 2.92. The van der Waals surface area contributed by atoms with Gasteiger partial charge in [0.25, 0.3) is 5.56 Å². The Labute approximate surface area is 112 Å². The average Bonchev–Trinajstić information content (AvgIpc) is 2.45. The Morgan fingerprint density at radius 2 is 2.00 bits per heavy atom. The lowest BCUT2D eigenvalue weighted by molar-refractivity contribution is 0.0534. The van der Waals surface area contributed by atoms with E-state index in [4.69, 9.17) is 4.74 Å². The molecule has 4 nitrogen and oxygen atoms in total. The van der Waals surface area contributed by atoms with Crippen LogP contribution in [0, 0.1) is 0 Å². The molecule has 0 spiro atoms. The zero-order chi connectivity index (χ0) is 13.7. The summed E-state index contributed by atoms with van der Waals surface area (Å²) < 4.78 is 5.59. The molecule has 0 aliphatic rings. The van der Waals surface area contributed by atoms with Crippen LogP contribution in [0.25, 0.3) is 11.3 Å². The van der Waals surface area contributed by atoms with E-state index in [0.29, 0.717) is 18.1 Å². The van der Waals surface area contributed by atoms with Crippen LogP contribution in [0.5, 0.6) is 0 Å². The fourth-order valence-electron chi connectivity index (χ4n) is 1.98. The van der Waals surface area contributed by atoms with Gasteiger partial charge in [0, 0.05) is 18.2 Å². The Kier molecular flexibility index (Phi) is 4.47. The third kappa shape index (κ3) is 3.29. The number of hydrogen-bond donors (Lipinski definition) is 1. The number of rotatable bonds is 5. The summed E-state index contributed by atoms with van der Waals surface area (Å²) in [6, 6.07) is 11.2. The van der Waals surface area contributed by atoms with Gasteiger partial charge in [0.2, 0.25) is 0 Å². The number of benzene rings is 1. The van der Waals surface area contributed by atoms with Crippen molar-refractivity contribution in [3.63, 3.8) is 0 Å². The van der Waals surface area contributed by atoms with Crippen LogP contribution in [-0.2, 0) is 4.74 Å². The van der Waals surface area contributed by atoms with Crippen molar-refractivity contribution in [3.8, 4) is 11.3 Å². The number of ether oxygens (including phenoxy) is 1. The summed E-state index contributed by atoms with van der Waals surface area (Å²) in [6.45, 7) is 4.54. The Balaban J connectivity index is 2.42. The van der Waals surface area contributed by atoms with E-state index in [2.05, 4.69) is 9.97 Å². The highest BCUT2D eigenvalue weighted by Crippen LogP contribution is 2.20. The van der Waals surface area contributed by atoms with Crippen LogP contribution in [0.4, 0.5) is 0 Å². The largest absolute Gasteiger partial charge is 0.371 e. The van der Waals surface area contributed by atoms with Crippen LogP contribution in [0.2, 0.25) is 0 Å². The maximum Gasteiger partial charge on any atom is 0.251 e. The first-order chi connectivity index (χ1) is 9.24. The molecule has 0 saturated carbocycles. The Hall–Kier alpha value is -1.94. The zero-order valence-electron chi connectivity index (χ0n) is 11.2. The number of H-pyrrole nitrogens is 1. The highest BCUT2D eigenvalue weighted by Gasteiger charge is 2.13. The molecule has 0 amide bonds. The Bertz CT molecular complexity index is 578. The van der Waals surface area contributed by atoms with E-state index in [0.717, 1.165) is 12.0 Å². The summed E-state index contributed by atoms with van der Waals surface area (Å²) in [4.78, 5) is 19.0. The summed E-state index contributed by atoms with van der Waals surface area (Å²) >= 11 is 0. The van der Waals surface area contributed by atoms with E-state index >= 15 is 0 Å². The van der Waals surface area contributed by atoms with Crippen LogP contribution in [-0.4, -0.2) is 16.6 Å². The molecule has 1 heterocycles. The second-order valence-electron chi connectivity index (χ2n) is 4.23. The number of aromatic amines is 1. The van der Waals surface area contributed by atoms with Crippen molar-refractivity contribution >= 4 is 0 Å². The van der Waals surface area contributed by atoms with Gasteiger partial charge in [-0.3, -0.25) is 4.79 Å². The molecule has 2 aromatic rings. The number of nitrogens with zero attached hydrogens (tertiary/aromatic N) is 1. The third-order valence-electron chi connectivity index (χ3n) is 2.87. The topological polar surface area (TPSA) is 55.0 Å². The quantitative estimate of drug-likeness (QED) is 0.897. The van der Waals surface area contributed by atoms with E-state index in [1.165, 1.54) is 6.07 Å². The summed E-state index contributed by atoms with van der Waals surface area (Å²) in [5.41, 5.74) is 1.46. The van der Waals surface area contributed by atoms with Gasteiger partial charge in [-0.2, -0.15) is 0 Å². The molecule has 0 fully saturated rings. The minimum Gasteiger partial charge on any atom is -0.371 e. The average molecular weight is 258 g/mol. The van der Waals surface area contributed by atoms with Crippen LogP contribution >= 0.6 is 0 Å². The van der Waals surface area contributed by atoms with Crippen molar-refractivity contribution in [3.05, 3.63) is 52.6 Å². The molecule has 0 bridgehead atoms. The summed E-state index contributed by atoms with van der Waals surface area (Å²) in [7, 11) is 0. The van der Waals surface area contributed by atoms with E-state index in [9.17, 15) is 4.79 Å². The second-order valence-corrected chi connectivity index (χ2v) is 4.23. The Morgan fingerprint density at radius 1 is 1.26 bits per heavy atom. The number of hydrogen-bond acceptors (Lipinski definition) is 3. The number of nitrogens with one attached hydrogen (secondary N) is 1. The first-order valence-corrected chi connectivity index (χ1v) is 6.52. The molecule has 1 unspecified atom stereocenters. The molecule has 0 radical (unpaired) electrons. The predicted molar refractivity (Wildman–Crippen MR) is 75.0 cm³/mol. The molecule has 1 aromatic carbocycles. The molecular weight excluding hydrogens is 240 g/mol. The maximum atomic E-state index is 11.8. The smallest absolute Gasteiger partial charge is 0.251 e. The molecule has 1 N–H and O–H groups in total. The summed E-state index contributed by atoms with van der Waals surface area (Å²) in [6.07, 6.45) is 0.607. The van der Waals surface area contributed by atoms with Gasteiger partial charge in [-0.05, 0) is 13.3 Å². The lowest BCUT2D eigenvalue weighted by atomic mass is 10.1. The molecule has 0 aliphatic carbocycles. The van der Waals surface area contributed by atoms with Crippen LogP contribution < -0.4 is 5.56 Å². The standard InChI is InChI=1S/C15H18N2O2/c1-3-13(19-4-2)15-16-12(10-14(18)17-15)11-8-6-5-7-9-11/h5-10,13H,3-4H2,1-2H3,(H,16,17,18). The Morgan fingerprint density at radius 3 is 2.63 bits per heavy atom. The maximum absolute atomic E-state index is 11.8. The van der Waals surface area contributed by atoms with E-state index in [1.54, 1.807) is 0 Å². The first-order valence-electron chi connectivity index (χ1n) is 6.52. The monoisotopic (exact) mass is 258 g/mol. The van der Waals surface area contributed by atoms with E-state index < -0.39 is 0 Å². The molecule has 1 atom stereocenters. The van der Waals surface area contributed by atoms with Gasteiger partial charge in [0.1, 0.15) is 11.9 Å². The molecule has 0 aliphatic heterocycles. The molecule has 100 valence electrons. The van der Waals surface area contributed by atoms with Crippen LogP contribution in [0.3, 0.4) is 0 Å². The van der Waals surface area contributed by atoms with Crippen molar-refractivity contribution < 1.29 is 4.74 Å². The fraction of sp³-hybridized carbons (Fsp3) is 0.333. The highest BCUT2D eigenvalue weighted by molar-refractivity contribution is 5.58. The highest BCUT2D eigenvalue weighted by atomic mass is 16.5. The van der Waals surface area contributed by atoms with Crippen LogP contribution in [0.15, 0.2) is 41.2 Å². The SMILES string of the molecule is CCOC(CC)c1nc(-c2ccccc2)cc(=O)[nH]1. The van der Waals surface area contributed by atoms with Crippen molar-refractivity contribution in [2.75, 3.05) is 6.61 Å². The lowest BCUT2D eigenvalue weighted by Gasteiger charge is -2.14. The lowest BCUT2D eigenvalue weighted by Crippen LogP contribution is -2.16. The zero-order valence-corrected chi connectivity index (χ0v) is 11.2. The van der Waals surface area contributed by atoms with Gasteiger partial charge in [-0.25, -0.2) is 4.98 Å². The van der Waals surface area contributed by atoms with Gasteiger partial charge < -0.3 is 9.72 Å². The van der Waals surface area contributed by atoms with Crippen molar-refractivity contribution in [2.45, 2.75) is 26.4 Å². The van der Waals surface area contributed by atoms with Gasteiger partial charge in [0.05, 0.1) is 5.69 Å². The van der Waals surface area contributed by atoms with Crippen molar-refractivity contribution in [1.29, 1.82) is 0 Å². The summed E-state index contributed by atoms with van der Waals surface area (Å²) in [5, 5.41) is 0. The first kappa shape index (κ1) is 13.5. The molecule has 0 saturated heterocycles. The fourth-order valence-corrected chi connectivity index (χ4v) is 1.98. The van der Waals surface area contributed by atoms with E-state index in [-0.39, 0.29) is 11.7 Å². The van der Waals surface area contributed by atoms with Gasteiger partial charge >= 0.3 is 0 Å². The normalized spacial score (nSPS) is 12.3. The summed E-state index contributed by atoms with van der Waals surface area (Å²) in [5.74, 6) is 0.593. The third-order valence-corrected chi connectivity index (χ3v) is 2.87. The van der Waals surface area contributed by atoms with Crippen molar-refractivity contribution in [1.82, 2.24) is 9.97 Å². The van der Waals surface area contributed by atoms with Gasteiger partial charge in [-0.15, -0.1) is 0 Å². The minimum absolute atomic E-state index is 0.151. The van der Waals surface area contributed by atoms with E-state index in [1.807, 2.05) is 44.2 Å². The molecule has 1 aromatic heterocycles. The van der Waals surface area contributed by atoms with Crippen LogP contribution in [0.1, 0.15) is 32.2 Å². The van der Waals surface area contributed by atoms with Gasteiger partial charge in [-0.1, -0.05) is 37.3 Å². The second kappa shape index (κ2) is 6.29. The van der Waals surface area contributed by atoms with Crippen molar-refractivity contribution in [2.24, 2.45) is 0 Å². The molecule has 2 rings (SSSR count).